The van der Waals surface area contributed by atoms with Crippen LogP contribution < -0.4 is 0 Å². The third-order valence-electron chi connectivity index (χ3n) is 5.38. The number of hydrogen-bond donors (Lipinski definition) is 2. The minimum Gasteiger partial charge on any atom is -0.475 e. The lowest BCUT2D eigenvalue weighted by Gasteiger charge is -2.37. The molecule has 0 aromatic rings. The van der Waals surface area contributed by atoms with Gasteiger partial charge in [-0.2, -0.15) is 26.3 Å². The van der Waals surface area contributed by atoms with E-state index in [1.54, 1.807) is 0 Å². The van der Waals surface area contributed by atoms with E-state index in [4.69, 9.17) is 24.5 Å². The van der Waals surface area contributed by atoms with Gasteiger partial charge < -0.3 is 29.6 Å². The quantitative estimate of drug-likeness (QED) is 0.533. The van der Waals surface area contributed by atoms with Crippen molar-refractivity contribution in [3.05, 3.63) is 0 Å². The zero-order chi connectivity index (χ0) is 27.0. The van der Waals surface area contributed by atoms with Crippen molar-refractivity contribution < 1.29 is 55.7 Å². The lowest BCUT2D eigenvalue weighted by molar-refractivity contribution is -0.193. The fourth-order valence-electron chi connectivity index (χ4n) is 3.63. The molecule has 204 valence electrons. The van der Waals surface area contributed by atoms with Crippen molar-refractivity contribution in [2.24, 2.45) is 0 Å². The summed E-state index contributed by atoms with van der Waals surface area (Å²) in [7, 11) is 4.21. The molecular formula is C19H30F6N4O6. The molecule has 0 bridgehead atoms. The summed E-state index contributed by atoms with van der Waals surface area (Å²) in [5, 5.41) is 14.2. The van der Waals surface area contributed by atoms with Crippen LogP contribution in [0.25, 0.3) is 0 Å². The minimum absolute atomic E-state index is 0.201. The predicted octanol–water partition coefficient (Wildman–Crippen LogP) is 1.42. The number of halogens is 6. The van der Waals surface area contributed by atoms with Gasteiger partial charge in [-0.1, -0.05) is 0 Å². The lowest BCUT2D eigenvalue weighted by atomic mass is 10.1. The van der Waals surface area contributed by atoms with Gasteiger partial charge in [-0.25, -0.2) is 14.4 Å². The Bertz CT molecular complexity index is 691. The van der Waals surface area contributed by atoms with Crippen LogP contribution in [-0.2, 0) is 14.3 Å². The molecule has 2 amide bonds. The van der Waals surface area contributed by atoms with Crippen LogP contribution in [0.5, 0.6) is 0 Å². The van der Waals surface area contributed by atoms with E-state index in [1.165, 1.54) is 0 Å². The van der Waals surface area contributed by atoms with Crippen molar-refractivity contribution in [3.8, 4) is 0 Å². The van der Waals surface area contributed by atoms with Gasteiger partial charge in [0, 0.05) is 39.3 Å². The highest BCUT2D eigenvalue weighted by Gasteiger charge is 2.43. The van der Waals surface area contributed by atoms with Crippen LogP contribution in [-0.4, -0.2) is 139 Å². The van der Waals surface area contributed by atoms with Crippen molar-refractivity contribution in [2.45, 2.75) is 37.3 Å². The van der Waals surface area contributed by atoms with Gasteiger partial charge in [0.1, 0.15) is 0 Å². The summed E-state index contributed by atoms with van der Waals surface area (Å²) in [5.41, 5.74) is 0. The number of aliphatic carboxylic acids is 2. The number of carbonyl (C=O) groups excluding carboxylic acids is 1. The van der Waals surface area contributed by atoms with Gasteiger partial charge in [-0.15, -0.1) is 0 Å². The van der Waals surface area contributed by atoms with Gasteiger partial charge in [-0.3, -0.25) is 4.90 Å². The number of carbonyl (C=O) groups is 3. The number of hydrogen-bond acceptors (Lipinski definition) is 6. The maximum absolute atomic E-state index is 12.5. The van der Waals surface area contributed by atoms with Crippen LogP contribution in [0.1, 0.15) is 12.8 Å². The molecule has 0 aliphatic carbocycles. The third kappa shape index (κ3) is 10.4. The fraction of sp³-hybridized carbons (Fsp3) is 0.842. The highest BCUT2D eigenvalue weighted by molar-refractivity contribution is 5.75. The summed E-state index contributed by atoms with van der Waals surface area (Å²) in [6.45, 7) is 7.34. The maximum Gasteiger partial charge on any atom is 0.490 e. The third-order valence-corrected chi connectivity index (χ3v) is 5.38. The SMILES string of the molecule is CN(C)CCN1CCO[C@H]2CN(C(=O)N3CCCC3)C[C@H]21.O=C(O)C(F)(F)F.O=C(O)C(F)(F)F. The molecule has 0 spiro atoms. The average Bonchev–Trinajstić information content (AvgIpc) is 3.41. The smallest absolute Gasteiger partial charge is 0.475 e. The van der Waals surface area contributed by atoms with E-state index in [2.05, 4.69) is 23.9 Å². The molecule has 3 saturated heterocycles. The average molecular weight is 524 g/mol. The molecule has 0 saturated carbocycles. The number of urea groups is 1. The second kappa shape index (κ2) is 13.1. The van der Waals surface area contributed by atoms with E-state index in [9.17, 15) is 31.1 Å². The topological polar surface area (TPSA) is 114 Å². The number of nitrogens with zero attached hydrogens (tertiary/aromatic N) is 4. The van der Waals surface area contributed by atoms with Crippen molar-refractivity contribution in [1.82, 2.24) is 19.6 Å². The number of likely N-dealkylation sites (N-methyl/N-ethyl adjacent to an activating group) is 1. The zero-order valence-corrected chi connectivity index (χ0v) is 19.3. The molecule has 10 nitrogen and oxygen atoms in total. The summed E-state index contributed by atoms with van der Waals surface area (Å²) in [5.74, 6) is -5.51. The summed E-state index contributed by atoms with van der Waals surface area (Å²) in [6.07, 6.45) is -7.66. The van der Waals surface area contributed by atoms with E-state index in [0.717, 1.165) is 65.3 Å². The van der Waals surface area contributed by atoms with Crippen LogP contribution in [0.15, 0.2) is 0 Å². The van der Waals surface area contributed by atoms with E-state index >= 15 is 0 Å². The Labute approximate surface area is 198 Å². The standard InChI is InChI=1S/C15H28N4O2.2C2HF3O2/c1-16(2)7-8-17-9-10-21-14-12-19(11-13(14)17)15(20)18-5-3-4-6-18;2*3-2(4,5)1(6)7/h13-14H,3-12H2,1-2H3;2*(H,6,7)/t13-,14+;;/m1../s1. The zero-order valence-electron chi connectivity index (χ0n) is 19.3. The molecule has 2 N–H and O–H groups in total. The molecule has 35 heavy (non-hydrogen) atoms. The summed E-state index contributed by atoms with van der Waals surface area (Å²) < 4.78 is 69.4. The first-order valence-corrected chi connectivity index (χ1v) is 10.7. The van der Waals surface area contributed by atoms with Crippen molar-refractivity contribution in [3.63, 3.8) is 0 Å². The van der Waals surface area contributed by atoms with Crippen molar-refractivity contribution >= 4 is 18.0 Å². The normalized spacial score (nSPS) is 22.7. The number of fused-ring (bicyclic) bond motifs is 1. The highest BCUT2D eigenvalue weighted by Crippen LogP contribution is 2.24. The van der Waals surface area contributed by atoms with Crippen LogP contribution in [0.4, 0.5) is 31.1 Å². The van der Waals surface area contributed by atoms with Crippen LogP contribution in [0.2, 0.25) is 0 Å². The lowest BCUT2D eigenvalue weighted by Crippen LogP contribution is -2.52. The van der Waals surface area contributed by atoms with Crippen molar-refractivity contribution in [1.29, 1.82) is 0 Å². The Hall–Kier alpha value is -2.33. The molecule has 0 radical (unpaired) electrons. The summed E-state index contributed by atoms with van der Waals surface area (Å²) >= 11 is 0. The molecule has 16 heteroatoms. The van der Waals surface area contributed by atoms with Crippen LogP contribution in [0, 0.1) is 0 Å². The van der Waals surface area contributed by atoms with E-state index < -0.39 is 24.3 Å². The Balaban J connectivity index is 0.000000362. The van der Waals surface area contributed by atoms with Gasteiger partial charge in [0.2, 0.25) is 0 Å². The monoisotopic (exact) mass is 524 g/mol. The summed E-state index contributed by atoms with van der Waals surface area (Å²) in [4.78, 5) is 39.1. The Kier molecular flexibility index (Phi) is 11.5. The number of morpholine rings is 1. The molecule has 3 rings (SSSR count). The van der Waals surface area contributed by atoms with Crippen LogP contribution >= 0.6 is 0 Å². The molecule has 3 aliphatic rings. The van der Waals surface area contributed by atoms with Crippen molar-refractivity contribution in [2.75, 3.05) is 66.5 Å². The molecule has 3 aliphatic heterocycles. The number of ether oxygens (including phenoxy) is 1. The van der Waals surface area contributed by atoms with E-state index in [0.29, 0.717) is 6.04 Å². The molecular weight excluding hydrogens is 494 g/mol. The van der Waals surface area contributed by atoms with E-state index in [-0.39, 0.29) is 12.1 Å². The predicted molar refractivity (Wildman–Crippen MR) is 109 cm³/mol. The molecule has 0 aromatic carbocycles. The number of rotatable bonds is 3. The highest BCUT2D eigenvalue weighted by atomic mass is 19.4. The Morgan fingerprint density at radius 1 is 0.886 bits per heavy atom. The first kappa shape index (κ1) is 30.7. The minimum atomic E-state index is -5.08. The molecule has 3 heterocycles. The second-order valence-electron chi connectivity index (χ2n) is 8.30. The second-order valence-corrected chi connectivity index (χ2v) is 8.30. The first-order chi connectivity index (χ1) is 16.0. The molecule has 2 atom stereocenters. The largest absolute Gasteiger partial charge is 0.490 e. The van der Waals surface area contributed by atoms with Gasteiger partial charge in [0.15, 0.2) is 0 Å². The molecule has 0 aromatic heterocycles. The number of carboxylic acids is 2. The molecule has 0 unspecified atom stereocenters. The van der Waals surface area contributed by atoms with Gasteiger partial charge in [-0.05, 0) is 26.9 Å². The van der Waals surface area contributed by atoms with Crippen LogP contribution in [0.3, 0.4) is 0 Å². The Morgan fingerprint density at radius 2 is 1.37 bits per heavy atom. The van der Waals surface area contributed by atoms with E-state index in [1.807, 2.05) is 9.80 Å². The fourth-order valence-corrected chi connectivity index (χ4v) is 3.63. The van der Waals surface area contributed by atoms with Gasteiger partial charge in [0.05, 0.1) is 25.3 Å². The van der Waals surface area contributed by atoms with Gasteiger partial charge in [0.25, 0.3) is 0 Å². The number of carboxylic acid groups (broad SMARTS) is 2. The first-order valence-electron chi connectivity index (χ1n) is 10.7. The number of amides is 2. The molecule has 3 fully saturated rings. The number of likely N-dealkylation sites (tertiary alicyclic amines) is 2. The summed E-state index contributed by atoms with van der Waals surface area (Å²) in [6, 6.07) is 0.600. The maximum atomic E-state index is 12.5. The van der Waals surface area contributed by atoms with Gasteiger partial charge >= 0.3 is 30.3 Å². The number of alkyl halides is 6. The Morgan fingerprint density at radius 3 is 1.80 bits per heavy atom.